The zero-order valence-corrected chi connectivity index (χ0v) is 9.10. The number of nitrogens with zero attached hydrogens (tertiary/aromatic N) is 2. The van der Waals surface area contributed by atoms with Crippen LogP contribution >= 0.6 is 11.6 Å². The van der Waals surface area contributed by atoms with Gasteiger partial charge in [-0.15, -0.1) is 0 Å². The molecule has 0 saturated heterocycles. The van der Waals surface area contributed by atoms with Gasteiger partial charge in [-0.25, -0.2) is 9.97 Å². The van der Waals surface area contributed by atoms with E-state index in [1.807, 2.05) is 0 Å². The quantitative estimate of drug-likeness (QED) is 0.698. The summed E-state index contributed by atoms with van der Waals surface area (Å²) in [5.41, 5.74) is 2.20. The lowest BCUT2D eigenvalue weighted by atomic mass is 10.0. The minimum atomic E-state index is 0.419. The first kappa shape index (κ1) is 10.5. The van der Waals surface area contributed by atoms with Crippen molar-refractivity contribution in [2.45, 2.75) is 39.5 Å². The number of hydrogen-bond acceptors (Lipinski definition) is 2. The summed E-state index contributed by atoms with van der Waals surface area (Å²) in [4.78, 5) is 8.26. The highest BCUT2D eigenvalue weighted by molar-refractivity contribution is 6.30. The van der Waals surface area contributed by atoms with Crippen LogP contribution in [0.3, 0.4) is 0 Å². The topological polar surface area (TPSA) is 25.8 Å². The van der Waals surface area contributed by atoms with Crippen molar-refractivity contribution in [3.63, 3.8) is 0 Å². The summed E-state index contributed by atoms with van der Waals surface area (Å²) in [6.45, 7) is 6.38. The van der Waals surface area contributed by atoms with Crippen molar-refractivity contribution >= 4 is 11.6 Å². The molecule has 0 bridgehead atoms. The second-order valence-electron chi connectivity index (χ2n) is 3.43. The monoisotopic (exact) mass is 198 g/mol. The fraction of sp³-hybridized carbons (Fsp3) is 0.600. The smallest absolute Gasteiger partial charge is 0.135 e. The summed E-state index contributed by atoms with van der Waals surface area (Å²) in [5, 5.41) is 0.612. The first-order valence-corrected chi connectivity index (χ1v) is 5.03. The zero-order valence-electron chi connectivity index (χ0n) is 8.34. The molecule has 0 spiro atoms. The molecular weight excluding hydrogens is 184 g/mol. The Morgan fingerprint density at radius 2 is 2.08 bits per heavy atom. The number of halogens is 1. The van der Waals surface area contributed by atoms with Crippen LogP contribution in [0.4, 0.5) is 0 Å². The van der Waals surface area contributed by atoms with Crippen molar-refractivity contribution in [2.75, 3.05) is 0 Å². The van der Waals surface area contributed by atoms with E-state index in [0.717, 1.165) is 24.1 Å². The van der Waals surface area contributed by atoms with Crippen molar-refractivity contribution in [2.24, 2.45) is 0 Å². The Morgan fingerprint density at radius 3 is 2.62 bits per heavy atom. The number of aromatic nitrogens is 2. The predicted molar refractivity (Wildman–Crippen MR) is 55.1 cm³/mol. The number of rotatable bonds is 3. The second-order valence-corrected chi connectivity index (χ2v) is 3.79. The average Bonchev–Trinajstić information content (AvgIpc) is 2.08. The summed E-state index contributed by atoms with van der Waals surface area (Å²) in [7, 11) is 0. The lowest BCUT2D eigenvalue weighted by Crippen LogP contribution is -2.02. The largest absolute Gasteiger partial charge is 0.241 e. The molecule has 0 radical (unpaired) electrons. The zero-order chi connectivity index (χ0) is 9.84. The maximum absolute atomic E-state index is 6.00. The van der Waals surface area contributed by atoms with Gasteiger partial charge < -0.3 is 0 Å². The SMILES string of the molecule is CCCc1c(Cl)ncnc1C(C)C. The van der Waals surface area contributed by atoms with Gasteiger partial charge in [0.15, 0.2) is 0 Å². The molecule has 1 rings (SSSR count). The first-order chi connectivity index (χ1) is 6.16. The normalized spacial score (nSPS) is 10.8. The Balaban J connectivity index is 3.09. The molecule has 0 fully saturated rings. The third-order valence-electron chi connectivity index (χ3n) is 1.97. The highest BCUT2D eigenvalue weighted by atomic mass is 35.5. The van der Waals surface area contributed by atoms with Crippen molar-refractivity contribution < 1.29 is 0 Å². The van der Waals surface area contributed by atoms with Gasteiger partial charge in [-0.3, -0.25) is 0 Å². The number of hydrogen-bond donors (Lipinski definition) is 0. The Kier molecular flexibility index (Phi) is 3.67. The Bertz CT molecular complexity index is 284. The Morgan fingerprint density at radius 1 is 1.38 bits per heavy atom. The van der Waals surface area contributed by atoms with Gasteiger partial charge in [0.1, 0.15) is 11.5 Å². The molecule has 1 aromatic rings. The minimum absolute atomic E-state index is 0.419. The van der Waals surface area contributed by atoms with Gasteiger partial charge in [0, 0.05) is 5.56 Å². The van der Waals surface area contributed by atoms with Gasteiger partial charge in [-0.1, -0.05) is 38.8 Å². The maximum Gasteiger partial charge on any atom is 0.135 e. The molecule has 0 aliphatic carbocycles. The van der Waals surface area contributed by atoms with Gasteiger partial charge >= 0.3 is 0 Å². The molecule has 0 saturated carbocycles. The molecule has 0 aliphatic rings. The molecule has 0 amide bonds. The van der Waals surface area contributed by atoms with E-state index in [4.69, 9.17) is 11.6 Å². The maximum atomic E-state index is 6.00. The van der Waals surface area contributed by atoms with Crippen molar-refractivity contribution in [1.29, 1.82) is 0 Å². The van der Waals surface area contributed by atoms with E-state index in [1.54, 1.807) is 0 Å². The molecule has 2 nitrogen and oxygen atoms in total. The van der Waals surface area contributed by atoms with E-state index >= 15 is 0 Å². The summed E-state index contributed by atoms with van der Waals surface area (Å²) in [5.74, 6) is 0.419. The summed E-state index contributed by atoms with van der Waals surface area (Å²) in [6.07, 6.45) is 3.58. The van der Waals surface area contributed by atoms with Crippen LogP contribution in [0.2, 0.25) is 5.15 Å². The predicted octanol–water partition coefficient (Wildman–Crippen LogP) is 3.21. The third-order valence-corrected chi connectivity index (χ3v) is 2.30. The molecule has 3 heteroatoms. The van der Waals surface area contributed by atoms with Crippen LogP contribution in [0.15, 0.2) is 6.33 Å². The van der Waals surface area contributed by atoms with Crippen molar-refractivity contribution in [1.82, 2.24) is 9.97 Å². The van der Waals surface area contributed by atoms with E-state index in [0.29, 0.717) is 11.1 Å². The van der Waals surface area contributed by atoms with E-state index in [9.17, 15) is 0 Å². The molecule has 0 aromatic carbocycles. The Hall–Kier alpha value is -0.630. The van der Waals surface area contributed by atoms with Crippen molar-refractivity contribution in [3.05, 3.63) is 22.7 Å². The lowest BCUT2D eigenvalue weighted by molar-refractivity contribution is 0.771. The molecule has 0 atom stereocenters. The minimum Gasteiger partial charge on any atom is -0.241 e. The van der Waals surface area contributed by atoms with E-state index in [2.05, 4.69) is 30.7 Å². The van der Waals surface area contributed by atoms with Crippen LogP contribution in [-0.2, 0) is 6.42 Å². The van der Waals surface area contributed by atoms with Crippen LogP contribution in [0.5, 0.6) is 0 Å². The fourth-order valence-corrected chi connectivity index (χ4v) is 1.62. The molecule has 13 heavy (non-hydrogen) atoms. The molecule has 1 heterocycles. The van der Waals surface area contributed by atoms with Gasteiger partial charge in [-0.05, 0) is 12.3 Å². The van der Waals surface area contributed by atoms with Crippen LogP contribution in [0.1, 0.15) is 44.4 Å². The van der Waals surface area contributed by atoms with E-state index < -0.39 is 0 Å². The molecular formula is C10H15ClN2. The van der Waals surface area contributed by atoms with Crippen LogP contribution < -0.4 is 0 Å². The van der Waals surface area contributed by atoms with Gasteiger partial charge in [0.25, 0.3) is 0 Å². The third kappa shape index (κ3) is 2.41. The van der Waals surface area contributed by atoms with Crippen LogP contribution in [0.25, 0.3) is 0 Å². The van der Waals surface area contributed by atoms with Gasteiger partial charge in [0.2, 0.25) is 0 Å². The van der Waals surface area contributed by atoms with Gasteiger partial charge in [0.05, 0.1) is 5.69 Å². The second kappa shape index (κ2) is 4.56. The summed E-state index contributed by atoms with van der Waals surface area (Å²) < 4.78 is 0. The summed E-state index contributed by atoms with van der Waals surface area (Å²) >= 11 is 6.00. The van der Waals surface area contributed by atoms with Gasteiger partial charge in [-0.2, -0.15) is 0 Å². The molecule has 0 unspecified atom stereocenters. The molecule has 0 aliphatic heterocycles. The fourth-order valence-electron chi connectivity index (χ4n) is 1.38. The van der Waals surface area contributed by atoms with Crippen LogP contribution in [-0.4, -0.2) is 9.97 Å². The lowest BCUT2D eigenvalue weighted by Gasteiger charge is -2.10. The first-order valence-electron chi connectivity index (χ1n) is 4.66. The highest BCUT2D eigenvalue weighted by Crippen LogP contribution is 2.23. The Labute approximate surface area is 84.4 Å². The van der Waals surface area contributed by atoms with Crippen LogP contribution in [0, 0.1) is 0 Å². The molecule has 1 aromatic heterocycles. The van der Waals surface area contributed by atoms with E-state index in [1.165, 1.54) is 6.33 Å². The summed E-state index contributed by atoms with van der Waals surface area (Å²) in [6, 6.07) is 0. The molecule has 0 N–H and O–H groups in total. The average molecular weight is 199 g/mol. The van der Waals surface area contributed by atoms with Crippen molar-refractivity contribution in [3.8, 4) is 0 Å². The molecule has 72 valence electrons. The van der Waals surface area contributed by atoms with E-state index in [-0.39, 0.29) is 0 Å². The highest BCUT2D eigenvalue weighted by Gasteiger charge is 2.11. The standard InChI is InChI=1S/C10H15ClN2/c1-4-5-8-9(7(2)3)12-6-13-10(8)11/h6-7H,4-5H2,1-3H3.